The van der Waals surface area contributed by atoms with E-state index in [1.54, 1.807) is 0 Å². The van der Waals surface area contributed by atoms with E-state index in [0.717, 1.165) is 37.1 Å². The van der Waals surface area contributed by atoms with Crippen LogP contribution in [0.2, 0.25) is 0 Å². The molecule has 3 heterocycles. The SMILES string of the molecule is CC(C1=CC=CC2[NH2+]CCN12)N(C)CC(CC1=CCCC=C1)=C1[NH+]([O-])CCCS1(=O)=O. The minimum Gasteiger partial charge on any atom is -0.628 e. The van der Waals surface area contributed by atoms with Crippen molar-refractivity contribution in [1.82, 2.24) is 9.80 Å². The Morgan fingerprint density at radius 1 is 1.42 bits per heavy atom. The van der Waals surface area contributed by atoms with Crippen LogP contribution in [0.5, 0.6) is 0 Å². The van der Waals surface area contributed by atoms with Crippen molar-refractivity contribution in [3.8, 4) is 0 Å². The third kappa shape index (κ3) is 4.88. The van der Waals surface area contributed by atoms with Crippen molar-refractivity contribution in [1.29, 1.82) is 0 Å². The molecular weight excluding hydrogens is 412 g/mol. The highest BCUT2D eigenvalue weighted by Crippen LogP contribution is 2.26. The molecule has 2 saturated heterocycles. The zero-order valence-corrected chi connectivity index (χ0v) is 19.4. The van der Waals surface area contributed by atoms with Gasteiger partial charge in [0.1, 0.15) is 0 Å². The Hall–Kier alpha value is -1.71. The first-order valence-corrected chi connectivity index (χ1v) is 13.0. The van der Waals surface area contributed by atoms with E-state index in [2.05, 4.69) is 58.5 Å². The van der Waals surface area contributed by atoms with E-state index in [1.807, 2.05) is 7.05 Å². The molecule has 4 aliphatic rings. The molecule has 170 valence electrons. The number of nitrogens with two attached hydrogens (primary N) is 1. The van der Waals surface area contributed by atoms with Crippen molar-refractivity contribution in [2.75, 3.05) is 39.0 Å². The summed E-state index contributed by atoms with van der Waals surface area (Å²) in [6, 6.07) is 0.117. The summed E-state index contributed by atoms with van der Waals surface area (Å²) in [6.07, 6.45) is 16.2. The van der Waals surface area contributed by atoms with Gasteiger partial charge >= 0.3 is 0 Å². The van der Waals surface area contributed by atoms with E-state index in [9.17, 15) is 13.6 Å². The van der Waals surface area contributed by atoms with Gasteiger partial charge in [0.2, 0.25) is 14.9 Å². The van der Waals surface area contributed by atoms with Crippen molar-refractivity contribution < 1.29 is 18.8 Å². The number of likely N-dealkylation sites (N-methyl/N-ethyl adjacent to an activating group) is 1. The van der Waals surface area contributed by atoms with Gasteiger partial charge in [-0.25, -0.2) is 8.42 Å². The van der Waals surface area contributed by atoms with E-state index in [4.69, 9.17) is 0 Å². The van der Waals surface area contributed by atoms with Gasteiger partial charge in [-0.05, 0) is 44.5 Å². The first-order chi connectivity index (χ1) is 14.9. The standard InChI is InChI=1S/C23H34N4O3S/c1-18(21-10-6-11-22-24-12-14-26(21)22)25(2)17-20(16-19-8-4-3-5-9-19)23-27(28)13-7-15-31(23,29)30/h4,6,8-11,18,22,24,27H,3,5,7,12-17H2,1-2H3/p+1. The highest BCUT2D eigenvalue weighted by Gasteiger charge is 2.36. The Balaban J connectivity index is 1.62. The van der Waals surface area contributed by atoms with Gasteiger partial charge in [-0.2, -0.15) is 0 Å². The Bertz CT molecular complexity index is 948. The fourth-order valence-corrected chi connectivity index (χ4v) is 6.79. The van der Waals surface area contributed by atoms with Crippen LogP contribution in [0.25, 0.3) is 0 Å². The highest BCUT2D eigenvalue weighted by atomic mass is 32.2. The predicted molar refractivity (Wildman–Crippen MR) is 122 cm³/mol. The van der Waals surface area contributed by atoms with Gasteiger partial charge < -0.3 is 20.5 Å². The lowest BCUT2D eigenvalue weighted by molar-refractivity contribution is -0.800. The molecule has 0 aromatic carbocycles. The number of quaternary nitrogens is 2. The molecular formula is C23H35N4O3S+. The fraction of sp³-hybridized carbons (Fsp3) is 0.565. The minimum absolute atomic E-state index is 0.0764. The number of nitrogens with zero attached hydrogens (tertiary/aromatic N) is 2. The maximum atomic E-state index is 12.9. The molecule has 0 radical (unpaired) electrons. The predicted octanol–water partition coefficient (Wildman–Crippen LogP) is 0.0448. The lowest BCUT2D eigenvalue weighted by Crippen LogP contribution is -3.07. The molecule has 0 spiro atoms. The van der Waals surface area contributed by atoms with Gasteiger partial charge in [-0.15, -0.1) is 0 Å². The van der Waals surface area contributed by atoms with E-state index >= 15 is 0 Å². The maximum absolute atomic E-state index is 12.9. The topological polar surface area (TPSA) is 84.7 Å². The Kier molecular flexibility index (Phi) is 6.83. The van der Waals surface area contributed by atoms with Gasteiger partial charge in [-0.3, -0.25) is 4.90 Å². The number of nitrogens with one attached hydrogen (secondary N) is 1. The number of hydrogen-bond donors (Lipinski definition) is 2. The molecule has 8 heteroatoms. The second-order valence-electron chi connectivity index (χ2n) is 8.99. The van der Waals surface area contributed by atoms with Crippen LogP contribution >= 0.6 is 0 Å². The summed E-state index contributed by atoms with van der Waals surface area (Å²) in [7, 11) is -1.49. The van der Waals surface area contributed by atoms with E-state index < -0.39 is 9.84 Å². The summed E-state index contributed by atoms with van der Waals surface area (Å²) in [5, 5.41) is 15.0. The van der Waals surface area contributed by atoms with Crippen LogP contribution in [0.1, 0.15) is 32.6 Å². The van der Waals surface area contributed by atoms with Gasteiger partial charge in [0.05, 0.1) is 25.4 Å². The lowest BCUT2D eigenvalue weighted by atomic mass is 9.99. The highest BCUT2D eigenvalue weighted by molar-refractivity contribution is 7.95. The number of rotatable bonds is 6. The Labute approximate surface area is 185 Å². The summed E-state index contributed by atoms with van der Waals surface area (Å²) < 4.78 is 25.8. The van der Waals surface area contributed by atoms with Crippen molar-refractivity contribution in [2.45, 2.75) is 44.8 Å². The number of sulfone groups is 1. The molecule has 4 rings (SSSR count). The van der Waals surface area contributed by atoms with Crippen molar-refractivity contribution in [2.24, 2.45) is 0 Å². The van der Waals surface area contributed by atoms with Crippen LogP contribution in [0.4, 0.5) is 0 Å². The summed E-state index contributed by atoms with van der Waals surface area (Å²) in [4.78, 5) is 4.61. The van der Waals surface area contributed by atoms with Crippen LogP contribution in [0.15, 0.2) is 58.3 Å². The van der Waals surface area contributed by atoms with Crippen LogP contribution in [0, 0.1) is 5.21 Å². The molecule has 7 nitrogen and oxygen atoms in total. The van der Waals surface area contributed by atoms with Crippen molar-refractivity contribution >= 4 is 9.84 Å². The summed E-state index contributed by atoms with van der Waals surface area (Å²) >= 11 is 0. The Morgan fingerprint density at radius 2 is 2.26 bits per heavy atom. The van der Waals surface area contributed by atoms with Crippen LogP contribution in [-0.4, -0.2) is 69.4 Å². The normalized spacial score (nSPS) is 30.1. The average molecular weight is 448 g/mol. The fourth-order valence-electron chi connectivity index (χ4n) is 5.03. The summed E-state index contributed by atoms with van der Waals surface area (Å²) in [6.45, 7) is 5.05. The molecule has 2 fully saturated rings. The summed E-state index contributed by atoms with van der Waals surface area (Å²) in [5.74, 6) is 0.0764. The lowest BCUT2D eigenvalue weighted by Gasteiger charge is -2.36. The number of hydrogen-bond acceptors (Lipinski definition) is 5. The minimum atomic E-state index is -3.52. The van der Waals surface area contributed by atoms with E-state index in [0.29, 0.717) is 32.1 Å². The second-order valence-corrected chi connectivity index (χ2v) is 11.0. The van der Waals surface area contributed by atoms with Gasteiger partial charge in [0.15, 0.2) is 6.17 Å². The number of hydroxylamine groups is 2. The first-order valence-electron chi connectivity index (χ1n) is 11.4. The van der Waals surface area contributed by atoms with Crippen LogP contribution in [0.3, 0.4) is 0 Å². The first kappa shape index (κ1) is 22.5. The molecule has 3 unspecified atom stereocenters. The smallest absolute Gasteiger partial charge is 0.228 e. The molecule has 31 heavy (non-hydrogen) atoms. The van der Waals surface area contributed by atoms with Crippen LogP contribution in [-0.2, 0) is 9.84 Å². The molecule has 3 atom stereocenters. The van der Waals surface area contributed by atoms with Crippen LogP contribution < -0.4 is 10.4 Å². The van der Waals surface area contributed by atoms with E-state index in [1.165, 1.54) is 5.70 Å². The average Bonchev–Trinajstić information content (AvgIpc) is 3.22. The molecule has 0 aromatic heterocycles. The molecule has 0 aromatic rings. The van der Waals surface area contributed by atoms with Gasteiger partial charge in [0.25, 0.3) is 0 Å². The molecule has 0 saturated carbocycles. The zero-order valence-electron chi connectivity index (χ0n) is 18.6. The molecule has 0 amide bonds. The number of fused-ring (bicyclic) bond motifs is 1. The quantitative estimate of drug-likeness (QED) is 0.562. The number of allylic oxidation sites excluding steroid dienone is 6. The third-order valence-corrected chi connectivity index (χ3v) is 8.73. The van der Waals surface area contributed by atoms with E-state index in [-0.39, 0.29) is 21.9 Å². The zero-order chi connectivity index (χ0) is 22.0. The molecule has 3 N–H and O–H groups in total. The third-order valence-electron chi connectivity index (χ3n) is 6.77. The monoisotopic (exact) mass is 447 g/mol. The molecule has 1 aliphatic carbocycles. The maximum Gasteiger partial charge on any atom is 0.228 e. The van der Waals surface area contributed by atoms with Gasteiger partial charge in [-0.1, -0.05) is 24.3 Å². The second kappa shape index (κ2) is 9.42. The van der Waals surface area contributed by atoms with Crippen molar-refractivity contribution in [3.05, 3.63) is 63.5 Å². The Morgan fingerprint density at radius 3 is 3.00 bits per heavy atom. The van der Waals surface area contributed by atoms with Crippen molar-refractivity contribution in [3.63, 3.8) is 0 Å². The largest absolute Gasteiger partial charge is 0.628 e. The summed E-state index contributed by atoms with van der Waals surface area (Å²) in [5.41, 5.74) is 3.11. The molecule has 3 aliphatic heterocycles. The van der Waals surface area contributed by atoms with Gasteiger partial charge in [0, 0.05) is 36.7 Å². The molecule has 0 bridgehead atoms.